The van der Waals surface area contributed by atoms with Crippen molar-refractivity contribution in [1.82, 2.24) is 15.0 Å². The molecule has 0 saturated carbocycles. The normalized spacial score (nSPS) is 13.5. The van der Waals surface area contributed by atoms with Crippen LogP contribution in [0.25, 0.3) is 22.4 Å². The summed E-state index contributed by atoms with van der Waals surface area (Å²) in [5.74, 6) is -0.389. The molecule has 1 aliphatic carbocycles. The first-order valence-corrected chi connectivity index (χ1v) is 11.9. The second-order valence-electron chi connectivity index (χ2n) is 8.03. The van der Waals surface area contributed by atoms with Gasteiger partial charge in [0, 0.05) is 23.6 Å². The van der Waals surface area contributed by atoms with Crippen LogP contribution < -0.4 is 0 Å². The molecule has 6 nitrogen and oxygen atoms in total. The van der Waals surface area contributed by atoms with Crippen molar-refractivity contribution in [3.63, 3.8) is 0 Å². The van der Waals surface area contributed by atoms with Crippen LogP contribution in [0.1, 0.15) is 53.5 Å². The average molecular weight is 440 g/mol. The van der Waals surface area contributed by atoms with Gasteiger partial charge in [-0.15, -0.1) is 0 Å². The SMILES string of the molecule is CC(C)c1nc2c(c(-c3ccc(F)cc3)c1C=O)CCCc1nc(S(C)(=O)=O)ncc1-2. The Kier molecular flexibility index (Phi) is 5.43. The fourth-order valence-corrected chi connectivity index (χ4v) is 4.55. The van der Waals surface area contributed by atoms with Gasteiger partial charge in [0.15, 0.2) is 6.29 Å². The molecule has 3 aromatic rings. The van der Waals surface area contributed by atoms with E-state index in [1.165, 1.54) is 18.3 Å². The van der Waals surface area contributed by atoms with Gasteiger partial charge >= 0.3 is 0 Å². The van der Waals surface area contributed by atoms with E-state index in [1.807, 2.05) is 13.8 Å². The minimum Gasteiger partial charge on any atom is -0.298 e. The van der Waals surface area contributed by atoms with E-state index in [0.29, 0.717) is 47.5 Å². The Morgan fingerprint density at radius 3 is 2.42 bits per heavy atom. The van der Waals surface area contributed by atoms with E-state index in [2.05, 4.69) is 9.97 Å². The predicted molar refractivity (Wildman–Crippen MR) is 115 cm³/mol. The highest BCUT2D eigenvalue weighted by molar-refractivity contribution is 7.90. The monoisotopic (exact) mass is 439 g/mol. The zero-order valence-electron chi connectivity index (χ0n) is 17.5. The van der Waals surface area contributed by atoms with Gasteiger partial charge in [0.2, 0.25) is 15.0 Å². The lowest BCUT2D eigenvalue weighted by atomic mass is 9.88. The van der Waals surface area contributed by atoms with Crippen LogP contribution in [0.15, 0.2) is 35.6 Å². The summed E-state index contributed by atoms with van der Waals surface area (Å²) in [5, 5.41) is -0.206. The number of carbonyl (C=O) groups is 1. The van der Waals surface area contributed by atoms with Crippen LogP contribution in [0, 0.1) is 5.82 Å². The lowest BCUT2D eigenvalue weighted by Gasteiger charge is -2.20. The van der Waals surface area contributed by atoms with Gasteiger partial charge in [-0.1, -0.05) is 26.0 Å². The van der Waals surface area contributed by atoms with Crippen molar-refractivity contribution in [2.75, 3.05) is 6.26 Å². The van der Waals surface area contributed by atoms with Crippen molar-refractivity contribution in [3.05, 3.63) is 58.8 Å². The number of halogens is 1. The molecule has 0 unspecified atom stereocenters. The number of benzene rings is 1. The summed E-state index contributed by atoms with van der Waals surface area (Å²) in [4.78, 5) is 25.4. The number of fused-ring (bicyclic) bond motifs is 3. The summed E-state index contributed by atoms with van der Waals surface area (Å²) in [6, 6.07) is 6.07. The molecule has 0 N–H and O–H groups in total. The molecule has 2 aromatic heterocycles. The third kappa shape index (κ3) is 3.87. The van der Waals surface area contributed by atoms with Crippen molar-refractivity contribution in [3.8, 4) is 22.4 Å². The van der Waals surface area contributed by atoms with E-state index in [-0.39, 0.29) is 16.9 Å². The van der Waals surface area contributed by atoms with Crippen LogP contribution in [0.5, 0.6) is 0 Å². The van der Waals surface area contributed by atoms with E-state index in [1.54, 1.807) is 12.1 Å². The maximum Gasteiger partial charge on any atom is 0.247 e. The quantitative estimate of drug-likeness (QED) is 0.448. The molecule has 0 fully saturated rings. The lowest BCUT2D eigenvalue weighted by Crippen LogP contribution is -2.10. The second kappa shape index (κ2) is 7.92. The van der Waals surface area contributed by atoms with Gasteiger partial charge in [0.1, 0.15) is 5.82 Å². The van der Waals surface area contributed by atoms with E-state index in [0.717, 1.165) is 29.2 Å². The fourth-order valence-electron chi connectivity index (χ4n) is 4.03. The van der Waals surface area contributed by atoms with Crippen LogP contribution in [0.3, 0.4) is 0 Å². The molecule has 4 rings (SSSR count). The van der Waals surface area contributed by atoms with Gasteiger partial charge in [-0.05, 0) is 54.0 Å². The largest absolute Gasteiger partial charge is 0.298 e. The van der Waals surface area contributed by atoms with Crippen molar-refractivity contribution in [2.24, 2.45) is 0 Å². The Morgan fingerprint density at radius 2 is 1.81 bits per heavy atom. The standard InChI is InChI=1S/C23H22FN3O3S/c1-13(2)21-18(12-28)20(14-7-9-15(24)10-8-14)16-5-4-6-19-17(22(16)27-21)11-25-23(26-19)31(3,29)30/h7-13H,4-6H2,1-3H3. The highest BCUT2D eigenvalue weighted by Crippen LogP contribution is 2.40. The van der Waals surface area contributed by atoms with Crippen LogP contribution >= 0.6 is 0 Å². The minimum atomic E-state index is -3.54. The van der Waals surface area contributed by atoms with Crippen molar-refractivity contribution < 1.29 is 17.6 Å². The summed E-state index contributed by atoms with van der Waals surface area (Å²) in [5.41, 5.74) is 5.42. The number of hydrogen-bond donors (Lipinski definition) is 0. The molecule has 0 radical (unpaired) electrons. The molecular formula is C23H22FN3O3S. The third-order valence-electron chi connectivity index (χ3n) is 5.44. The molecule has 1 aromatic carbocycles. The second-order valence-corrected chi connectivity index (χ2v) is 9.94. The number of rotatable bonds is 4. The van der Waals surface area contributed by atoms with Crippen LogP contribution in [0.4, 0.5) is 4.39 Å². The van der Waals surface area contributed by atoms with E-state index in [9.17, 15) is 17.6 Å². The topological polar surface area (TPSA) is 89.9 Å². The number of hydrogen-bond acceptors (Lipinski definition) is 6. The molecule has 0 spiro atoms. The Morgan fingerprint density at radius 1 is 1.10 bits per heavy atom. The molecule has 0 bridgehead atoms. The molecule has 8 heteroatoms. The number of sulfone groups is 1. The predicted octanol–water partition coefficient (Wildman–Crippen LogP) is 4.17. The maximum absolute atomic E-state index is 13.6. The summed E-state index contributed by atoms with van der Waals surface area (Å²) in [7, 11) is -3.54. The summed E-state index contributed by atoms with van der Waals surface area (Å²) < 4.78 is 37.4. The maximum atomic E-state index is 13.6. The Balaban J connectivity index is 2.07. The number of pyridine rings is 1. The first kappa shape index (κ1) is 21.2. The van der Waals surface area contributed by atoms with Gasteiger partial charge in [-0.2, -0.15) is 0 Å². The Labute approximate surface area is 180 Å². The molecule has 31 heavy (non-hydrogen) atoms. The smallest absolute Gasteiger partial charge is 0.247 e. The van der Waals surface area contributed by atoms with E-state index >= 15 is 0 Å². The minimum absolute atomic E-state index is 0.0346. The molecule has 0 saturated heterocycles. The first-order chi connectivity index (χ1) is 14.7. The van der Waals surface area contributed by atoms with Crippen molar-refractivity contribution in [1.29, 1.82) is 0 Å². The number of aryl methyl sites for hydroxylation is 1. The Bertz CT molecular complexity index is 1290. The summed E-state index contributed by atoms with van der Waals surface area (Å²) >= 11 is 0. The number of nitrogens with zero attached hydrogens (tertiary/aromatic N) is 3. The third-order valence-corrected chi connectivity index (χ3v) is 6.30. The molecule has 2 heterocycles. The number of aromatic nitrogens is 3. The van der Waals surface area contributed by atoms with Gasteiger partial charge in [-0.25, -0.2) is 22.8 Å². The highest BCUT2D eigenvalue weighted by atomic mass is 32.2. The molecule has 0 aliphatic heterocycles. The van der Waals surface area contributed by atoms with Crippen molar-refractivity contribution >= 4 is 16.1 Å². The van der Waals surface area contributed by atoms with Gasteiger partial charge in [0.25, 0.3) is 0 Å². The molecule has 1 aliphatic rings. The molecule has 0 amide bonds. The summed E-state index contributed by atoms with van der Waals surface area (Å²) in [6.07, 6.45) is 5.30. The van der Waals surface area contributed by atoms with Gasteiger partial charge < -0.3 is 0 Å². The highest BCUT2D eigenvalue weighted by Gasteiger charge is 2.27. The number of aldehydes is 1. The van der Waals surface area contributed by atoms with Crippen LogP contribution in [-0.4, -0.2) is 35.9 Å². The molecule has 160 valence electrons. The first-order valence-electron chi connectivity index (χ1n) is 10.0. The fraction of sp³-hybridized carbons (Fsp3) is 0.304. The van der Waals surface area contributed by atoms with E-state index in [4.69, 9.17) is 4.98 Å². The van der Waals surface area contributed by atoms with Gasteiger partial charge in [-0.3, -0.25) is 9.78 Å². The summed E-state index contributed by atoms with van der Waals surface area (Å²) in [6.45, 7) is 3.91. The number of carbonyl (C=O) groups excluding carboxylic acids is 1. The van der Waals surface area contributed by atoms with Crippen LogP contribution in [0.2, 0.25) is 0 Å². The van der Waals surface area contributed by atoms with Gasteiger partial charge in [0.05, 0.1) is 17.1 Å². The average Bonchev–Trinajstić information content (AvgIpc) is 2.91. The van der Waals surface area contributed by atoms with Crippen LogP contribution in [-0.2, 0) is 22.7 Å². The molecule has 0 atom stereocenters. The zero-order valence-corrected chi connectivity index (χ0v) is 18.3. The zero-order chi connectivity index (χ0) is 22.3. The Hall–Kier alpha value is -3.00. The van der Waals surface area contributed by atoms with E-state index < -0.39 is 9.84 Å². The molecular weight excluding hydrogens is 417 g/mol. The lowest BCUT2D eigenvalue weighted by molar-refractivity contribution is 0.112. The van der Waals surface area contributed by atoms with Crippen molar-refractivity contribution in [2.45, 2.75) is 44.2 Å².